The monoisotopic (exact) mass is 344 g/mol. The lowest BCUT2D eigenvalue weighted by Gasteiger charge is -2.24. The molecule has 24 heavy (non-hydrogen) atoms. The van der Waals surface area contributed by atoms with Gasteiger partial charge in [0.15, 0.2) is 0 Å². The smallest absolute Gasteiger partial charge is 0.223 e. The Balaban J connectivity index is 1.45. The summed E-state index contributed by atoms with van der Waals surface area (Å²) in [6.45, 7) is 1.25. The molecule has 0 radical (unpaired) electrons. The number of aromatic nitrogens is 2. The number of benzene rings is 1. The van der Waals surface area contributed by atoms with E-state index in [4.69, 9.17) is 16.6 Å². The second-order valence-corrected chi connectivity index (χ2v) is 7.15. The van der Waals surface area contributed by atoms with E-state index in [1.54, 1.807) is 0 Å². The molecule has 4 rings (SSSR count). The number of fused-ring (bicyclic) bond motifs is 1. The van der Waals surface area contributed by atoms with Gasteiger partial charge in [-0.25, -0.2) is 9.97 Å². The van der Waals surface area contributed by atoms with Crippen molar-refractivity contribution < 1.29 is 4.79 Å². The third-order valence-electron chi connectivity index (χ3n) is 4.81. The predicted octanol–water partition coefficient (Wildman–Crippen LogP) is 3.49. The lowest BCUT2D eigenvalue weighted by molar-refractivity contribution is -0.127. The third kappa shape index (κ3) is 3.31. The number of hydrogen-bond acceptors (Lipinski definition) is 4. The van der Waals surface area contributed by atoms with E-state index in [-0.39, 0.29) is 11.8 Å². The molecule has 1 aromatic carbocycles. The fraction of sp³-hybridized carbons (Fsp3) is 0.500. The summed E-state index contributed by atoms with van der Waals surface area (Å²) in [5, 5.41) is 8.00. The molecule has 0 saturated heterocycles. The number of hydrogen-bond donors (Lipinski definition) is 2. The second-order valence-electron chi connectivity index (χ2n) is 6.71. The van der Waals surface area contributed by atoms with Gasteiger partial charge in [-0.15, -0.1) is 0 Å². The number of carbonyl (C=O) groups is 1. The van der Waals surface area contributed by atoms with E-state index < -0.39 is 0 Å². The first kappa shape index (κ1) is 15.6. The second kappa shape index (κ2) is 6.55. The fourth-order valence-electron chi connectivity index (χ4n) is 2.96. The zero-order valence-corrected chi connectivity index (χ0v) is 14.3. The van der Waals surface area contributed by atoms with Crippen LogP contribution in [0.3, 0.4) is 0 Å². The van der Waals surface area contributed by atoms with Crippen LogP contribution in [-0.2, 0) is 4.79 Å². The zero-order chi connectivity index (χ0) is 16.5. The third-order valence-corrected chi connectivity index (χ3v) is 5.05. The first-order valence-electron chi connectivity index (χ1n) is 8.69. The van der Waals surface area contributed by atoms with Gasteiger partial charge < -0.3 is 10.6 Å². The van der Waals surface area contributed by atoms with E-state index in [2.05, 4.69) is 15.6 Å². The van der Waals surface area contributed by atoms with Gasteiger partial charge in [-0.3, -0.25) is 4.79 Å². The quantitative estimate of drug-likeness (QED) is 0.787. The maximum atomic E-state index is 11.9. The molecule has 0 unspecified atom stereocenters. The van der Waals surface area contributed by atoms with Gasteiger partial charge in [-0.2, -0.15) is 0 Å². The van der Waals surface area contributed by atoms with E-state index >= 15 is 0 Å². The Morgan fingerprint density at radius 1 is 1.17 bits per heavy atom. The summed E-state index contributed by atoms with van der Waals surface area (Å²) in [5.74, 6) is 2.61. The average Bonchev–Trinajstić information content (AvgIpc) is 3.33. The van der Waals surface area contributed by atoms with E-state index in [0.29, 0.717) is 24.0 Å². The van der Waals surface area contributed by atoms with E-state index in [1.165, 1.54) is 6.42 Å². The Morgan fingerprint density at radius 3 is 2.71 bits per heavy atom. The van der Waals surface area contributed by atoms with E-state index in [0.717, 1.165) is 48.2 Å². The van der Waals surface area contributed by atoms with Crippen LogP contribution in [-0.4, -0.2) is 29.0 Å². The highest BCUT2D eigenvalue weighted by atomic mass is 35.5. The maximum absolute atomic E-state index is 11.9. The Morgan fingerprint density at radius 2 is 2.00 bits per heavy atom. The lowest BCUT2D eigenvalue weighted by atomic mass is 9.85. The largest absolute Gasteiger partial charge is 0.368 e. The van der Waals surface area contributed by atoms with Crippen molar-refractivity contribution in [2.45, 2.75) is 38.0 Å². The predicted molar refractivity (Wildman–Crippen MR) is 95.4 cm³/mol. The van der Waals surface area contributed by atoms with Gasteiger partial charge in [0.1, 0.15) is 11.6 Å². The number of halogens is 1. The molecule has 0 spiro atoms. The van der Waals surface area contributed by atoms with Gasteiger partial charge in [-0.1, -0.05) is 18.0 Å². The summed E-state index contributed by atoms with van der Waals surface area (Å²) in [5.41, 5.74) is 0.875. The summed E-state index contributed by atoms with van der Waals surface area (Å²) in [6.07, 6.45) is 5.55. The Kier molecular flexibility index (Phi) is 4.27. The van der Waals surface area contributed by atoms with E-state index in [9.17, 15) is 4.79 Å². The van der Waals surface area contributed by atoms with Crippen molar-refractivity contribution in [2.24, 2.45) is 5.92 Å². The molecule has 2 fully saturated rings. The van der Waals surface area contributed by atoms with Crippen molar-refractivity contribution >= 4 is 34.2 Å². The van der Waals surface area contributed by atoms with Crippen LogP contribution < -0.4 is 10.6 Å². The summed E-state index contributed by atoms with van der Waals surface area (Å²) >= 11 is 6.10. The minimum atomic E-state index is 0.182. The maximum Gasteiger partial charge on any atom is 0.223 e. The number of rotatable bonds is 6. The molecule has 2 N–H and O–H groups in total. The van der Waals surface area contributed by atoms with Gasteiger partial charge in [0.25, 0.3) is 0 Å². The van der Waals surface area contributed by atoms with Crippen LogP contribution in [0.2, 0.25) is 5.02 Å². The molecule has 0 aliphatic heterocycles. The van der Waals surface area contributed by atoms with Crippen molar-refractivity contribution in [3.63, 3.8) is 0 Å². The first-order chi connectivity index (χ1) is 11.7. The molecule has 2 aliphatic rings. The fourth-order valence-corrected chi connectivity index (χ4v) is 3.13. The minimum absolute atomic E-state index is 0.182. The molecule has 5 nitrogen and oxygen atoms in total. The standard InChI is InChI=1S/C18H21ClN4O/c19-13-6-7-14-15(10-13)22-16(11-4-5-11)23-17(14)20-8-9-21-18(24)12-2-1-3-12/h6-7,10-12H,1-5,8-9H2,(H,21,24)(H,20,22,23). The van der Waals surface area contributed by atoms with Crippen LogP contribution in [0.25, 0.3) is 10.9 Å². The Labute approximate surface area is 146 Å². The van der Waals surface area contributed by atoms with Gasteiger partial charge >= 0.3 is 0 Å². The van der Waals surface area contributed by atoms with Crippen molar-refractivity contribution in [3.05, 3.63) is 29.0 Å². The highest BCUT2D eigenvalue weighted by Crippen LogP contribution is 2.39. The van der Waals surface area contributed by atoms with Gasteiger partial charge in [0.05, 0.1) is 5.52 Å². The summed E-state index contributed by atoms with van der Waals surface area (Å²) in [4.78, 5) is 21.2. The van der Waals surface area contributed by atoms with Gasteiger partial charge in [-0.05, 0) is 43.9 Å². The summed E-state index contributed by atoms with van der Waals surface area (Å²) in [7, 11) is 0. The minimum Gasteiger partial charge on any atom is -0.368 e. The zero-order valence-electron chi connectivity index (χ0n) is 13.5. The van der Waals surface area contributed by atoms with Gasteiger partial charge in [0, 0.05) is 35.3 Å². The number of amides is 1. The number of carbonyl (C=O) groups excluding carboxylic acids is 1. The van der Waals surface area contributed by atoms with Crippen LogP contribution in [0.4, 0.5) is 5.82 Å². The molecule has 1 aromatic heterocycles. The highest BCUT2D eigenvalue weighted by molar-refractivity contribution is 6.31. The molecular formula is C18H21ClN4O. The molecular weight excluding hydrogens is 324 g/mol. The van der Waals surface area contributed by atoms with E-state index in [1.807, 2.05) is 18.2 Å². The number of nitrogens with zero attached hydrogens (tertiary/aromatic N) is 2. The van der Waals surface area contributed by atoms with Crippen LogP contribution in [0.15, 0.2) is 18.2 Å². The molecule has 2 saturated carbocycles. The lowest BCUT2D eigenvalue weighted by Crippen LogP contribution is -2.37. The molecule has 2 aliphatic carbocycles. The highest BCUT2D eigenvalue weighted by Gasteiger charge is 2.27. The normalized spacial score (nSPS) is 17.5. The molecule has 126 valence electrons. The molecule has 1 amide bonds. The Bertz CT molecular complexity index is 771. The SMILES string of the molecule is O=C(NCCNc1nc(C2CC2)nc2cc(Cl)ccc12)C1CCC1. The van der Waals surface area contributed by atoms with Crippen LogP contribution >= 0.6 is 11.6 Å². The number of anilines is 1. The van der Waals surface area contributed by atoms with Crippen LogP contribution in [0.1, 0.15) is 43.8 Å². The van der Waals surface area contributed by atoms with Gasteiger partial charge in [0.2, 0.25) is 5.91 Å². The summed E-state index contributed by atoms with van der Waals surface area (Å²) < 4.78 is 0. The average molecular weight is 345 g/mol. The molecule has 0 bridgehead atoms. The molecule has 1 heterocycles. The van der Waals surface area contributed by atoms with Crippen molar-refractivity contribution in [1.29, 1.82) is 0 Å². The van der Waals surface area contributed by atoms with Crippen molar-refractivity contribution in [3.8, 4) is 0 Å². The van der Waals surface area contributed by atoms with Crippen LogP contribution in [0, 0.1) is 5.92 Å². The number of nitrogens with one attached hydrogen (secondary N) is 2. The first-order valence-corrected chi connectivity index (χ1v) is 9.07. The summed E-state index contributed by atoms with van der Waals surface area (Å²) in [6, 6.07) is 5.69. The van der Waals surface area contributed by atoms with Crippen LogP contribution in [0.5, 0.6) is 0 Å². The molecule has 6 heteroatoms. The Hall–Kier alpha value is -1.88. The molecule has 0 atom stereocenters. The molecule has 2 aromatic rings. The van der Waals surface area contributed by atoms with Crippen molar-refractivity contribution in [1.82, 2.24) is 15.3 Å². The van der Waals surface area contributed by atoms with Crippen molar-refractivity contribution in [2.75, 3.05) is 18.4 Å². The topological polar surface area (TPSA) is 66.9 Å².